The van der Waals surface area contributed by atoms with Gasteiger partial charge in [-0.2, -0.15) is 0 Å². The normalized spacial score (nSPS) is 11.2. The van der Waals surface area contributed by atoms with E-state index in [1.165, 1.54) is 20.5 Å². The van der Waals surface area contributed by atoms with E-state index in [4.69, 9.17) is 0 Å². The highest BCUT2D eigenvalue weighted by atomic mass is 32.1. The van der Waals surface area contributed by atoms with Gasteiger partial charge in [-0.05, 0) is 54.6 Å². The van der Waals surface area contributed by atoms with Gasteiger partial charge in [0, 0.05) is 12.4 Å². The highest BCUT2D eigenvalue weighted by Gasteiger charge is 2.17. The molecule has 0 aromatic carbocycles. The largest absolute Gasteiger partial charge is 0.338 e. The Morgan fingerprint density at radius 1 is 1.08 bits per heavy atom. The van der Waals surface area contributed by atoms with Gasteiger partial charge in [0.15, 0.2) is 5.65 Å². The maximum Gasteiger partial charge on any atom is 0.338 e. The summed E-state index contributed by atoms with van der Waals surface area (Å²) in [7, 11) is 0. The van der Waals surface area contributed by atoms with Crippen LogP contribution in [-0.4, -0.2) is 19.1 Å². The van der Waals surface area contributed by atoms with Crippen molar-refractivity contribution in [1.82, 2.24) is 19.1 Å². The number of pyridine rings is 2. The zero-order valence-electron chi connectivity index (χ0n) is 14.3. The van der Waals surface area contributed by atoms with E-state index in [0.717, 1.165) is 16.1 Å². The summed E-state index contributed by atoms with van der Waals surface area (Å²) in [4.78, 5) is 34.7. The molecule has 0 radical (unpaired) electrons. The van der Waals surface area contributed by atoms with Crippen molar-refractivity contribution in [3.63, 3.8) is 0 Å². The van der Waals surface area contributed by atoms with Crippen molar-refractivity contribution >= 4 is 22.4 Å². The second kappa shape index (κ2) is 6.34. The Bertz CT molecular complexity index is 1220. The quantitative estimate of drug-likeness (QED) is 0.560. The number of nitrogens with zero attached hydrogens (tertiary/aromatic N) is 4. The summed E-state index contributed by atoms with van der Waals surface area (Å²) in [5.74, 6) is 0. The van der Waals surface area contributed by atoms with Crippen LogP contribution in [-0.2, 0) is 6.54 Å². The molecule has 0 atom stereocenters. The lowest BCUT2D eigenvalue weighted by atomic mass is 10.2. The molecule has 0 fully saturated rings. The lowest BCUT2D eigenvalue weighted by Gasteiger charge is -2.12. The number of thiophene rings is 1. The van der Waals surface area contributed by atoms with E-state index in [9.17, 15) is 9.59 Å². The second-order valence-corrected chi connectivity index (χ2v) is 7.01. The summed E-state index contributed by atoms with van der Waals surface area (Å²) in [6, 6.07) is 9.09. The number of fused-ring (bicyclic) bond motifs is 1. The van der Waals surface area contributed by atoms with Gasteiger partial charge in [-0.1, -0.05) is 6.07 Å². The van der Waals surface area contributed by atoms with Crippen LogP contribution in [0.15, 0.2) is 57.7 Å². The maximum atomic E-state index is 13.2. The molecular formula is C19H16N4O2S. The monoisotopic (exact) mass is 364 g/mol. The predicted octanol–water partition coefficient (Wildman–Crippen LogP) is 2.67. The highest BCUT2D eigenvalue weighted by molar-refractivity contribution is 7.12. The summed E-state index contributed by atoms with van der Waals surface area (Å²) in [6.07, 6.45) is 3.32. The highest BCUT2D eigenvalue weighted by Crippen LogP contribution is 2.21. The van der Waals surface area contributed by atoms with Crippen LogP contribution >= 0.6 is 11.3 Å². The summed E-state index contributed by atoms with van der Waals surface area (Å²) in [5, 5.41) is 3.10. The van der Waals surface area contributed by atoms with Crippen LogP contribution in [0.4, 0.5) is 0 Å². The molecule has 0 aliphatic carbocycles. The SMILES string of the molecule is Cc1ccc(Cn2c(=O)c3cccnc3n(-c3sccc3C)c2=O)nc1. The molecule has 0 aliphatic heterocycles. The predicted molar refractivity (Wildman–Crippen MR) is 102 cm³/mol. The Labute approximate surface area is 153 Å². The van der Waals surface area contributed by atoms with Crippen LogP contribution in [0.5, 0.6) is 0 Å². The van der Waals surface area contributed by atoms with Crippen molar-refractivity contribution in [2.45, 2.75) is 20.4 Å². The Kier molecular flexibility index (Phi) is 4.00. The third kappa shape index (κ3) is 2.66. The van der Waals surface area contributed by atoms with Gasteiger partial charge in [-0.3, -0.25) is 14.3 Å². The van der Waals surface area contributed by atoms with Crippen molar-refractivity contribution in [3.8, 4) is 5.00 Å². The van der Waals surface area contributed by atoms with Crippen LogP contribution in [0.3, 0.4) is 0 Å². The maximum absolute atomic E-state index is 13.2. The van der Waals surface area contributed by atoms with Gasteiger partial charge in [0.1, 0.15) is 5.00 Å². The molecule has 7 heteroatoms. The average molecular weight is 364 g/mol. The molecule has 0 aliphatic rings. The van der Waals surface area contributed by atoms with Gasteiger partial charge in [-0.15, -0.1) is 11.3 Å². The van der Waals surface area contributed by atoms with Gasteiger partial charge < -0.3 is 0 Å². The molecule has 4 heterocycles. The minimum Gasteiger partial charge on any atom is -0.268 e. The molecule has 0 bridgehead atoms. The van der Waals surface area contributed by atoms with E-state index < -0.39 is 5.69 Å². The van der Waals surface area contributed by atoms with Crippen LogP contribution in [0.2, 0.25) is 0 Å². The topological polar surface area (TPSA) is 69.8 Å². The smallest absolute Gasteiger partial charge is 0.268 e. The van der Waals surface area contributed by atoms with Crippen molar-refractivity contribution in [1.29, 1.82) is 0 Å². The van der Waals surface area contributed by atoms with Crippen LogP contribution in [0.25, 0.3) is 16.0 Å². The molecule has 26 heavy (non-hydrogen) atoms. The molecule has 0 amide bonds. The Morgan fingerprint density at radius 2 is 1.92 bits per heavy atom. The Balaban J connectivity index is 2.02. The van der Waals surface area contributed by atoms with Crippen LogP contribution < -0.4 is 11.2 Å². The summed E-state index contributed by atoms with van der Waals surface area (Å²) < 4.78 is 2.74. The zero-order valence-corrected chi connectivity index (χ0v) is 15.2. The first-order valence-corrected chi connectivity index (χ1v) is 9.01. The lowest BCUT2D eigenvalue weighted by Crippen LogP contribution is -2.40. The second-order valence-electron chi connectivity index (χ2n) is 6.12. The van der Waals surface area contributed by atoms with Gasteiger partial charge >= 0.3 is 5.69 Å². The van der Waals surface area contributed by atoms with E-state index >= 15 is 0 Å². The standard InChI is InChI=1S/C19H16N4O2S/c1-12-5-6-14(21-10-12)11-22-17(24)15-4-3-8-20-16(15)23(19(22)25)18-13(2)7-9-26-18/h3-10H,11H2,1-2H3. The molecule has 0 saturated heterocycles. The molecule has 0 N–H and O–H groups in total. The third-order valence-electron chi connectivity index (χ3n) is 4.23. The van der Waals surface area contributed by atoms with Gasteiger partial charge in [0.25, 0.3) is 5.56 Å². The first-order valence-electron chi connectivity index (χ1n) is 8.13. The minimum absolute atomic E-state index is 0.118. The fourth-order valence-corrected chi connectivity index (χ4v) is 3.78. The lowest BCUT2D eigenvalue weighted by molar-refractivity contribution is 0.672. The molecule has 0 spiro atoms. The number of hydrogen-bond donors (Lipinski definition) is 0. The number of aromatic nitrogens is 4. The number of aryl methyl sites for hydroxylation is 2. The first-order chi connectivity index (χ1) is 12.6. The number of rotatable bonds is 3. The van der Waals surface area contributed by atoms with Crippen molar-refractivity contribution in [3.05, 3.63) is 85.8 Å². The molecular weight excluding hydrogens is 348 g/mol. The van der Waals surface area contributed by atoms with Gasteiger partial charge in [0.05, 0.1) is 17.6 Å². The molecule has 4 aromatic rings. The minimum atomic E-state index is -0.408. The van der Waals surface area contributed by atoms with E-state index in [1.54, 1.807) is 24.5 Å². The Morgan fingerprint density at radius 3 is 2.62 bits per heavy atom. The summed E-state index contributed by atoms with van der Waals surface area (Å²) in [6.45, 7) is 3.99. The van der Waals surface area contributed by atoms with E-state index in [1.807, 2.05) is 37.4 Å². The van der Waals surface area contributed by atoms with Gasteiger partial charge in [-0.25, -0.2) is 14.3 Å². The van der Waals surface area contributed by atoms with E-state index in [0.29, 0.717) is 16.7 Å². The van der Waals surface area contributed by atoms with E-state index in [-0.39, 0.29) is 12.1 Å². The zero-order chi connectivity index (χ0) is 18.3. The van der Waals surface area contributed by atoms with Crippen molar-refractivity contribution in [2.24, 2.45) is 0 Å². The average Bonchev–Trinajstić information content (AvgIpc) is 3.06. The molecule has 4 aromatic heterocycles. The number of hydrogen-bond acceptors (Lipinski definition) is 5. The molecule has 4 rings (SSSR count). The van der Waals surface area contributed by atoms with Crippen molar-refractivity contribution in [2.75, 3.05) is 0 Å². The molecule has 0 saturated carbocycles. The third-order valence-corrected chi connectivity index (χ3v) is 5.23. The van der Waals surface area contributed by atoms with E-state index in [2.05, 4.69) is 9.97 Å². The van der Waals surface area contributed by atoms with Crippen molar-refractivity contribution < 1.29 is 0 Å². The summed E-state index contributed by atoms with van der Waals surface area (Å²) >= 11 is 1.45. The van der Waals surface area contributed by atoms with Crippen LogP contribution in [0, 0.1) is 13.8 Å². The van der Waals surface area contributed by atoms with Crippen LogP contribution in [0.1, 0.15) is 16.8 Å². The molecule has 0 unspecified atom stereocenters. The summed E-state index contributed by atoms with van der Waals surface area (Å²) in [5.41, 5.74) is 2.26. The Hall–Kier alpha value is -3.06. The van der Waals surface area contributed by atoms with Gasteiger partial charge in [0.2, 0.25) is 0 Å². The fraction of sp³-hybridized carbons (Fsp3) is 0.158. The molecule has 130 valence electrons. The first kappa shape index (κ1) is 16.4. The molecule has 6 nitrogen and oxygen atoms in total. The fourth-order valence-electron chi connectivity index (χ4n) is 2.86.